The van der Waals surface area contributed by atoms with Gasteiger partial charge in [0.15, 0.2) is 0 Å². The van der Waals surface area contributed by atoms with Crippen LogP contribution in [0.1, 0.15) is 62.1 Å². The fraction of sp³-hybridized carbons (Fsp3) is 0.600. The zero-order valence-electron chi connectivity index (χ0n) is 10.1. The monoisotopic (exact) mass is 202 g/mol. The van der Waals surface area contributed by atoms with E-state index in [4.69, 9.17) is 0 Å². The number of benzene rings is 1. The van der Waals surface area contributed by atoms with Crippen molar-refractivity contribution in [2.24, 2.45) is 0 Å². The molecule has 0 spiro atoms. The third-order valence-electron chi connectivity index (χ3n) is 3.55. The largest absolute Gasteiger partial charge is 0.0617 e. The van der Waals surface area contributed by atoms with Crippen LogP contribution < -0.4 is 0 Å². The molecule has 2 rings (SSSR count). The number of hydrogen-bond acceptors (Lipinski definition) is 0. The average molecular weight is 202 g/mol. The third kappa shape index (κ3) is 2.42. The molecular formula is C15H22. The maximum atomic E-state index is 2.34. The molecular weight excluding hydrogens is 180 g/mol. The van der Waals surface area contributed by atoms with Crippen LogP contribution in [0.3, 0.4) is 0 Å². The highest BCUT2D eigenvalue weighted by atomic mass is 14.2. The maximum absolute atomic E-state index is 2.34. The van der Waals surface area contributed by atoms with Crippen molar-refractivity contribution >= 4 is 0 Å². The molecule has 0 saturated heterocycles. The minimum absolute atomic E-state index is 0.680. The summed E-state index contributed by atoms with van der Waals surface area (Å²) >= 11 is 0. The molecule has 1 aliphatic rings. The van der Waals surface area contributed by atoms with E-state index in [0.29, 0.717) is 5.92 Å². The van der Waals surface area contributed by atoms with E-state index in [2.05, 4.69) is 32.0 Å². The highest BCUT2D eigenvalue weighted by molar-refractivity contribution is 5.37. The van der Waals surface area contributed by atoms with E-state index in [9.17, 15) is 0 Å². The van der Waals surface area contributed by atoms with Crippen molar-refractivity contribution in [3.63, 3.8) is 0 Å². The highest BCUT2D eigenvalue weighted by Crippen LogP contribution is 2.27. The smallest absolute Gasteiger partial charge is 0.0216 e. The zero-order chi connectivity index (χ0) is 10.7. The number of hydrogen-bond donors (Lipinski definition) is 0. The lowest BCUT2D eigenvalue weighted by atomic mass is 9.86. The maximum Gasteiger partial charge on any atom is -0.0216 e. The second kappa shape index (κ2) is 4.83. The van der Waals surface area contributed by atoms with E-state index in [1.807, 2.05) is 0 Å². The summed E-state index contributed by atoms with van der Waals surface area (Å²) in [7, 11) is 0. The van der Waals surface area contributed by atoms with Crippen molar-refractivity contribution in [3.05, 3.63) is 34.9 Å². The van der Waals surface area contributed by atoms with Gasteiger partial charge in [0.05, 0.1) is 0 Å². The Hall–Kier alpha value is -0.780. The van der Waals surface area contributed by atoms with Crippen molar-refractivity contribution in [2.45, 2.75) is 58.3 Å². The predicted octanol–water partition coefficient (Wildman–Crippen LogP) is 4.47. The fourth-order valence-corrected chi connectivity index (χ4v) is 2.71. The Morgan fingerprint density at radius 1 is 0.933 bits per heavy atom. The van der Waals surface area contributed by atoms with Crippen molar-refractivity contribution in [2.75, 3.05) is 0 Å². The first kappa shape index (κ1) is 10.7. The summed E-state index contributed by atoms with van der Waals surface area (Å²) in [5.74, 6) is 0.680. The molecule has 0 bridgehead atoms. The second-order valence-electron chi connectivity index (χ2n) is 5.05. The normalized spacial score (nSPS) is 17.0. The van der Waals surface area contributed by atoms with E-state index in [-0.39, 0.29) is 0 Å². The quantitative estimate of drug-likeness (QED) is 0.630. The SMILES string of the molecule is CC(C)c1cccc2c1CCCCCC2. The molecule has 0 nitrogen and oxygen atoms in total. The summed E-state index contributed by atoms with van der Waals surface area (Å²) in [6, 6.07) is 6.91. The van der Waals surface area contributed by atoms with Gasteiger partial charge < -0.3 is 0 Å². The van der Waals surface area contributed by atoms with Crippen LogP contribution in [0.5, 0.6) is 0 Å². The molecule has 1 aromatic rings. The molecule has 0 unspecified atom stereocenters. The molecule has 0 heterocycles. The van der Waals surface area contributed by atoms with Crippen LogP contribution in [0.2, 0.25) is 0 Å². The molecule has 1 aromatic carbocycles. The van der Waals surface area contributed by atoms with Gasteiger partial charge in [0.1, 0.15) is 0 Å². The Labute approximate surface area is 93.7 Å². The summed E-state index contributed by atoms with van der Waals surface area (Å²) in [5.41, 5.74) is 4.89. The van der Waals surface area contributed by atoms with Gasteiger partial charge in [0.25, 0.3) is 0 Å². The molecule has 0 aromatic heterocycles. The van der Waals surface area contributed by atoms with E-state index in [1.54, 1.807) is 16.7 Å². The molecule has 0 fully saturated rings. The van der Waals surface area contributed by atoms with Crippen LogP contribution in [-0.2, 0) is 12.8 Å². The number of aryl methyl sites for hydroxylation is 1. The molecule has 0 heteroatoms. The second-order valence-corrected chi connectivity index (χ2v) is 5.05. The molecule has 1 aliphatic carbocycles. The Kier molecular flexibility index (Phi) is 3.45. The lowest BCUT2D eigenvalue weighted by molar-refractivity contribution is 0.611. The summed E-state index contributed by atoms with van der Waals surface area (Å²) in [4.78, 5) is 0. The summed E-state index contributed by atoms with van der Waals surface area (Å²) in [6.45, 7) is 4.63. The van der Waals surface area contributed by atoms with E-state index in [0.717, 1.165) is 0 Å². The standard InChI is InChI=1S/C15H22/c1-12(2)14-11-7-9-13-8-5-3-4-6-10-15(13)14/h7,9,11-12H,3-6,8,10H2,1-2H3. The summed E-state index contributed by atoms with van der Waals surface area (Å²) < 4.78 is 0. The van der Waals surface area contributed by atoms with Crippen molar-refractivity contribution in [1.82, 2.24) is 0 Å². The van der Waals surface area contributed by atoms with Gasteiger partial charge in [-0.3, -0.25) is 0 Å². The molecule has 0 radical (unpaired) electrons. The first-order chi connectivity index (χ1) is 7.29. The predicted molar refractivity (Wildman–Crippen MR) is 66.4 cm³/mol. The Balaban J connectivity index is 2.37. The van der Waals surface area contributed by atoms with E-state index >= 15 is 0 Å². The van der Waals surface area contributed by atoms with Crippen molar-refractivity contribution < 1.29 is 0 Å². The molecule has 0 aliphatic heterocycles. The van der Waals surface area contributed by atoms with Crippen LogP contribution in [-0.4, -0.2) is 0 Å². The Morgan fingerprint density at radius 3 is 2.40 bits per heavy atom. The van der Waals surface area contributed by atoms with Gasteiger partial charge in [-0.1, -0.05) is 44.9 Å². The van der Waals surface area contributed by atoms with Crippen LogP contribution in [0, 0.1) is 0 Å². The summed E-state index contributed by atoms with van der Waals surface area (Å²) in [6.07, 6.45) is 8.22. The molecule has 0 amide bonds. The third-order valence-corrected chi connectivity index (χ3v) is 3.55. The molecule has 0 atom stereocenters. The van der Waals surface area contributed by atoms with E-state index in [1.165, 1.54) is 38.5 Å². The molecule has 15 heavy (non-hydrogen) atoms. The minimum Gasteiger partial charge on any atom is -0.0617 e. The van der Waals surface area contributed by atoms with Crippen LogP contribution in [0.15, 0.2) is 18.2 Å². The number of rotatable bonds is 1. The topological polar surface area (TPSA) is 0 Å². The molecule has 82 valence electrons. The van der Waals surface area contributed by atoms with Gasteiger partial charge >= 0.3 is 0 Å². The van der Waals surface area contributed by atoms with Crippen LogP contribution in [0.25, 0.3) is 0 Å². The zero-order valence-corrected chi connectivity index (χ0v) is 10.1. The average Bonchev–Trinajstić information content (AvgIpc) is 2.17. The molecule has 0 N–H and O–H groups in total. The lowest BCUT2D eigenvalue weighted by Gasteiger charge is -2.19. The van der Waals surface area contributed by atoms with Gasteiger partial charge in [-0.2, -0.15) is 0 Å². The Morgan fingerprint density at radius 2 is 1.67 bits per heavy atom. The Bertz CT molecular complexity index is 323. The fourth-order valence-electron chi connectivity index (χ4n) is 2.71. The van der Waals surface area contributed by atoms with E-state index < -0.39 is 0 Å². The van der Waals surface area contributed by atoms with Gasteiger partial charge in [-0.05, 0) is 48.3 Å². The highest BCUT2D eigenvalue weighted by Gasteiger charge is 2.12. The minimum atomic E-state index is 0.680. The number of fused-ring (bicyclic) bond motifs is 1. The van der Waals surface area contributed by atoms with Gasteiger partial charge in [-0.15, -0.1) is 0 Å². The first-order valence-corrected chi connectivity index (χ1v) is 6.39. The van der Waals surface area contributed by atoms with Gasteiger partial charge in [-0.25, -0.2) is 0 Å². The summed E-state index contributed by atoms with van der Waals surface area (Å²) in [5, 5.41) is 0. The van der Waals surface area contributed by atoms with Gasteiger partial charge in [0.2, 0.25) is 0 Å². The van der Waals surface area contributed by atoms with Crippen LogP contribution in [0.4, 0.5) is 0 Å². The van der Waals surface area contributed by atoms with Gasteiger partial charge in [0, 0.05) is 0 Å². The lowest BCUT2D eigenvalue weighted by Crippen LogP contribution is -2.04. The van der Waals surface area contributed by atoms with Crippen molar-refractivity contribution in [1.29, 1.82) is 0 Å². The van der Waals surface area contributed by atoms with Crippen LogP contribution >= 0.6 is 0 Å². The first-order valence-electron chi connectivity index (χ1n) is 6.39. The molecule has 0 saturated carbocycles. The van der Waals surface area contributed by atoms with Crippen molar-refractivity contribution in [3.8, 4) is 0 Å².